The van der Waals surface area contributed by atoms with E-state index in [1.165, 1.54) is 5.69 Å². The van der Waals surface area contributed by atoms with E-state index in [1.54, 1.807) is 0 Å². The molecule has 3 rings (SSSR count). The standard InChI is InChI=1S/C12H12ClN3/c13-10-3-1-2-9(6-10)12-11-7-14-4-5-16(11)8-15-12/h1-3,6,8,14H,4-5,7H2. The van der Waals surface area contributed by atoms with Crippen molar-refractivity contribution in [1.82, 2.24) is 14.9 Å². The molecule has 1 N–H and O–H groups in total. The summed E-state index contributed by atoms with van der Waals surface area (Å²) in [6, 6.07) is 7.84. The molecule has 2 aromatic rings. The van der Waals surface area contributed by atoms with Crippen LogP contribution in [0.3, 0.4) is 0 Å². The molecule has 1 aromatic heterocycles. The lowest BCUT2D eigenvalue weighted by molar-refractivity contribution is 0.517. The zero-order valence-corrected chi connectivity index (χ0v) is 9.54. The SMILES string of the molecule is Clc1cccc(-c2ncn3c2CNCC3)c1. The smallest absolute Gasteiger partial charge is 0.0956 e. The molecule has 0 aliphatic carbocycles. The van der Waals surface area contributed by atoms with Crippen LogP contribution in [0.2, 0.25) is 5.02 Å². The van der Waals surface area contributed by atoms with E-state index < -0.39 is 0 Å². The summed E-state index contributed by atoms with van der Waals surface area (Å²) in [5, 5.41) is 4.11. The Morgan fingerprint density at radius 3 is 3.19 bits per heavy atom. The van der Waals surface area contributed by atoms with E-state index in [0.29, 0.717) is 0 Å². The van der Waals surface area contributed by atoms with Gasteiger partial charge in [0.25, 0.3) is 0 Å². The van der Waals surface area contributed by atoms with Crippen molar-refractivity contribution >= 4 is 11.6 Å². The molecule has 1 aliphatic rings. The summed E-state index contributed by atoms with van der Waals surface area (Å²) in [5.41, 5.74) is 3.37. The number of rotatable bonds is 1. The largest absolute Gasteiger partial charge is 0.332 e. The Balaban J connectivity index is 2.09. The van der Waals surface area contributed by atoms with Crippen LogP contribution in [-0.2, 0) is 13.1 Å². The normalized spacial score (nSPS) is 14.8. The molecule has 0 fully saturated rings. The molecule has 0 saturated carbocycles. The van der Waals surface area contributed by atoms with Gasteiger partial charge in [0, 0.05) is 30.2 Å². The van der Waals surface area contributed by atoms with Crippen LogP contribution in [0.5, 0.6) is 0 Å². The maximum Gasteiger partial charge on any atom is 0.0956 e. The lowest BCUT2D eigenvalue weighted by Gasteiger charge is -2.16. The Bertz CT molecular complexity index is 519. The van der Waals surface area contributed by atoms with Crippen LogP contribution < -0.4 is 5.32 Å². The van der Waals surface area contributed by atoms with Gasteiger partial charge in [-0.25, -0.2) is 4.98 Å². The number of nitrogens with zero attached hydrogens (tertiary/aromatic N) is 2. The Kier molecular flexibility index (Phi) is 2.42. The molecule has 0 atom stereocenters. The van der Waals surface area contributed by atoms with Crippen molar-refractivity contribution in [2.24, 2.45) is 0 Å². The first-order valence-corrected chi connectivity index (χ1v) is 5.73. The molecule has 0 unspecified atom stereocenters. The van der Waals surface area contributed by atoms with E-state index in [1.807, 2.05) is 30.6 Å². The number of fused-ring (bicyclic) bond motifs is 1. The molecule has 0 saturated heterocycles. The zero-order valence-electron chi connectivity index (χ0n) is 8.78. The van der Waals surface area contributed by atoms with Crippen molar-refractivity contribution in [3.63, 3.8) is 0 Å². The average molecular weight is 234 g/mol. The highest BCUT2D eigenvalue weighted by Crippen LogP contribution is 2.25. The molecule has 1 aromatic carbocycles. The van der Waals surface area contributed by atoms with Crippen molar-refractivity contribution in [1.29, 1.82) is 0 Å². The second-order valence-electron chi connectivity index (χ2n) is 3.92. The Hall–Kier alpha value is -1.32. The molecular weight excluding hydrogens is 222 g/mol. The van der Waals surface area contributed by atoms with E-state index >= 15 is 0 Å². The lowest BCUT2D eigenvalue weighted by Crippen LogP contribution is -2.27. The van der Waals surface area contributed by atoms with E-state index in [9.17, 15) is 0 Å². The third-order valence-electron chi connectivity index (χ3n) is 2.87. The molecule has 0 amide bonds. The number of benzene rings is 1. The molecule has 0 bridgehead atoms. The van der Waals surface area contributed by atoms with Crippen LogP contribution in [-0.4, -0.2) is 16.1 Å². The molecule has 4 heteroatoms. The topological polar surface area (TPSA) is 29.9 Å². The zero-order chi connectivity index (χ0) is 11.0. The van der Waals surface area contributed by atoms with Crippen molar-refractivity contribution < 1.29 is 0 Å². The number of aromatic nitrogens is 2. The Labute approximate surface area is 99.1 Å². The molecular formula is C12H12ClN3. The van der Waals surface area contributed by atoms with Gasteiger partial charge in [-0.05, 0) is 12.1 Å². The lowest BCUT2D eigenvalue weighted by atomic mass is 10.1. The molecule has 0 spiro atoms. The maximum atomic E-state index is 5.99. The fourth-order valence-electron chi connectivity index (χ4n) is 2.07. The summed E-state index contributed by atoms with van der Waals surface area (Å²) in [7, 11) is 0. The predicted molar refractivity (Wildman–Crippen MR) is 64.4 cm³/mol. The monoisotopic (exact) mass is 233 g/mol. The average Bonchev–Trinajstić information content (AvgIpc) is 2.72. The van der Waals surface area contributed by atoms with E-state index in [-0.39, 0.29) is 0 Å². The van der Waals surface area contributed by atoms with Gasteiger partial charge in [0.1, 0.15) is 0 Å². The fraction of sp³-hybridized carbons (Fsp3) is 0.250. The maximum absolute atomic E-state index is 5.99. The summed E-state index contributed by atoms with van der Waals surface area (Å²) in [4.78, 5) is 4.47. The van der Waals surface area contributed by atoms with Crippen molar-refractivity contribution in [3.8, 4) is 11.3 Å². The summed E-state index contributed by atoms with van der Waals surface area (Å²) < 4.78 is 2.20. The second kappa shape index (κ2) is 3.92. The van der Waals surface area contributed by atoms with Gasteiger partial charge in [0.2, 0.25) is 0 Å². The summed E-state index contributed by atoms with van der Waals surface area (Å²) >= 11 is 5.99. The van der Waals surface area contributed by atoms with E-state index in [2.05, 4.69) is 14.9 Å². The van der Waals surface area contributed by atoms with Crippen LogP contribution in [0.25, 0.3) is 11.3 Å². The first kappa shape index (κ1) is 9.87. The van der Waals surface area contributed by atoms with Gasteiger partial charge in [0.05, 0.1) is 17.7 Å². The van der Waals surface area contributed by atoms with Gasteiger partial charge in [-0.1, -0.05) is 23.7 Å². The molecule has 0 radical (unpaired) electrons. The number of nitrogens with one attached hydrogen (secondary N) is 1. The van der Waals surface area contributed by atoms with Crippen LogP contribution in [0.15, 0.2) is 30.6 Å². The van der Waals surface area contributed by atoms with Crippen LogP contribution in [0, 0.1) is 0 Å². The molecule has 16 heavy (non-hydrogen) atoms. The minimum absolute atomic E-state index is 0.753. The van der Waals surface area contributed by atoms with Crippen LogP contribution in [0.1, 0.15) is 5.69 Å². The van der Waals surface area contributed by atoms with Gasteiger partial charge >= 0.3 is 0 Å². The number of halogens is 1. The summed E-state index contributed by atoms with van der Waals surface area (Å²) in [5.74, 6) is 0. The number of imidazole rings is 1. The summed E-state index contributed by atoms with van der Waals surface area (Å²) in [6.07, 6.45) is 1.91. The second-order valence-corrected chi connectivity index (χ2v) is 4.36. The van der Waals surface area contributed by atoms with Crippen molar-refractivity contribution in [3.05, 3.63) is 41.3 Å². The first-order valence-electron chi connectivity index (χ1n) is 5.35. The van der Waals surface area contributed by atoms with Gasteiger partial charge in [-0.3, -0.25) is 0 Å². The Morgan fingerprint density at radius 2 is 2.31 bits per heavy atom. The van der Waals surface area contributed by atoms with Crippen molar-refractivity contribution in [2.45, 2.75) is 13.1 Å². The molecule has 3 nitrogen and oxygen atoms in total. The third kappa shape index (κ3) is 1.62. The third-order valence-corrected chi connectivity index (χ3v) is 3.10. The minimum Gasteiger partial charge on any atom is -0.332 e. The van der Waals surface area contributed by atoms with Gasteiger partial charge in [-0.15, -0.1) is 0 Å². The van der Waals surface area contributed by atoms with Gasteiger partial charge < -0.3 is 9.88 Å². The van der Waals surface area contributed by atoms with Gasteiger partial charge in [0.15, 0.2) is 0 Å². The Morgan fingerprint density at radius 1 is 1.38 bits per heavy atom. The predicted octanol–water partition coefficient (Wildman–Crippen LogP) is 2.31. The number of hydrogen-bond donors (Lipinski definition) is 1. The van der Waals surface area contributed by atoms with E-state index in [4.69, 9.17) is 11.6 Å². The highest BCUT2D eigenvalue weighted by atomic mass is 35.5. The van der Waals surface area contributed by atoms with Crippen LogP contribution in [0.4, 0.5) is 0 Å². The fourth-order valence-corrected chi connectivity index (χ4v) is 2.26. The summed E-state index contributed by atoms with van der Waals surface area (Å²) in [6.45, 7) is 2.88. The highest BCUT2D eigenvalue weighted by Gasteiger charge is 2.15. The molecule has 82 valence electrons. The first-order chi connectivity index (χ1) is 7.84. The van der Waals surface area contributed by atoms with E-state index in [0.717, 1.165) is 35.9 Å². The minimum atomic E-state index is 0.753. The molecule has 1 aliphatic heterocycles. The van der Waals surface area contributed by atoms with Crippen molar-refractivity contribution in [2.75, 3.05) is 6.54 Å². The molecule has 2 heterocycles. The highest BCUT2D eigenvalue weighted by molar-refractivity contribution is 6.30. The van der Waals surface area contributed by atoms with Crippen LogP contribution >= 0.6 is 11.6 Å². The van der Waals surface area contributed by atoms with Gasteiger partial charge in [-0.2, -0.15) is 0 Å². The quantitative estimate of drug-likeness (QED) is 0.819. The number of hydrogen-bond acceptors (Lipinski definition) is 2.